The highest BCUT2D eigenvalue weighted by atomic mass is 32.1. The molecule has 128 valence electrons. The Bertz CT molecular complexity index is 839. The molecule has 0 atom stereocenters. The van der Waals surface area contributed by atoms with Crippen molar-refractivity contribution in [3.63, 3.8) is 0 Å². The Morgan fingerprint density at radius 2 is 1.92 bits per heavy atom. The molecule has 0 bridgehead atoms. The Morgan fingerprint density at radius 3 is 2.64 bits per heavy atom. The fourth-order valence-corrected chi connectivity index (χ4v) is 3.10. The molecule has 6 heteroatoms. The van der Waals surface area contributed by atoms with E-state index in [0.29, 0.717) is 12.1 Å². The van der Waals surface area contributed by atoms with Crippen molar-refractivity contribution < 1.29 is 18.7 Å². The molecule has 0 radical (unpaired) electrons. The highest BCUT2D eigenvalue weighted by Crippen LogP contribution is 2.25. The van der Waals surface area contributed by atoms with Crippen molar-refractivity contribution in [1.29, 1.82) is 0 Å². The molecule has 1 amide bonds. The quantitative estimate of drug-likeness (QED) is 0.631. The van der Waals surface area contributed by atoms with Crippen LogP contribution in [0.5, 0.6) is 0 Å². The first-order valence-corrected chi connectivity index (χ1v) is 8.59. The van der Waals surface area contributed by atoms with Crippen molar-refractivity contribution in [2.24, 2.45) is 0 Å². The lowest BCUT2D eigenvalue weighted by Crippen LogP contribution is -2.30. The van der Waals surface area contributed by atoms with Gasteiger partial charge in [-0.3, -0.25) is 4.79 Å². The molecule has 2 aromatic heterocycles. The summed E-state index contributed by atoms with van der Waals surface area (Å²) in [5, 5.41) is 1.95. The second kappa shape index (κ2) is 7.81. The van der Waals surface area contributed by atoms with Gasteiger partial charge < -0.3 is 14.1 Å². The minimum Gasteiger partial charge on any atom is -0.457 e. The number of likely N-dealkylation sites (N-methyl/N-ethyl adjacent to an activating group) is 1. The Balaban J connectivity index is 1.60. The lowest BCUT2D eigenvalue weighted by Gasteiger charge is -2.16. The number of nitrogens with zero attached hydrogens (tertiary/aromatic N) is 1. The zero-order chi connectivity index (χ0) is 17.6. The predicted octanol–water partition coefficient (Wildman–Crippen LogP) is 3.82. The van der Waals surface area contributed by atoms with Crippen molar-refractivity contribution in [1.82, 2.24) is 4.90 Å². The van der Waals surface area contributed by atoms with E-state index < -0.39 is 5.97 Å². The number of ether oxygens (including phenoxy) is 1. The molecule has 0 fully saturated rings. The number of hydrogen-bond acceptors (Lipinski definition) is 5. The van der Waals surface area contributed by atoms with Crippen LogP contribution < -0.4 is 0 Å². The smallest absolute Gasteiger partial charge is 0.375 e. The Kier molecular flexibility index (Phi) is 5.30. The van der Waals surface area contributed by atoms with E-state index in [1.807, 2.05) is 47.8 Å². The summed E-state index contributed by atoms with van der Waals surface area (Å²) in [5.74, 6) is -0.823. The van der Waals surface area contributed by atoms with Crippen LogP contribution in [0.15, 0.2) is 64.6 Å². The summed E-state index contributed by atoms with van der Waals surface area (Å²) in [5.41, 5.74) is 1.49. The zero-order valence-corrected chi connectivity index (χ0v) is 14.5. The van der Waals surface area contributed by atoms with E-state index in [1.54, 1.807) is 24.5 Å². The molecule has 0 saturated carbocycles. The fraction of sp³-hybridized carbons (Fsp3) is 0.158. The molecule has 5 nitrogen and oxygen atoms in total. The van der Waals surface area contributed by atoms with Gasteiger partial charge in [-0.25, -0.2) is 4.79 Å². The van der Waals surface area contributed by atoms with Crippen LogP contribution in [0.1, 0.15) is 15.4 Å². The number of hydrogen-bond donors (Lipinski definition) is 0. The second-order valence-corrected chi connectivity index (χ2v) is 6.47. The van der Waals surface area contributed by atoms with E-state index in [0.717, 1.165) is 10.4 Å². The van der Waals surface area contributed by atoms with E-state index in [-0.39, 0.29) is 18.3 Å². The maximum absolute atomic E-state index is 12.3. The van der Waals surface area contributed by atoms with Crippen molar-refractivity contribution in [2.75, 3.05) is 13.7 Å². The second-order valence-electron chi connectivity index (χ2n) is 5.43. The van der Waals surface area contributed by atoms with Gasteiger partial charge >= 0.3 is 5.97 Å². The van der Waals surface area contributed by atoms with Gasteiger partial charge in [-0.1, -0.05) is 36.4 Å². The third-order valence-electron chi connectivity index (χ3n) is 3.66. The molecule has 0 unspecified atom stereocenters. The standard InChI is InChI=1S/C19H17NO4S/c1-20(12-15-8-5-11-25-15)17(21)13-24-19(22)18-16(9-10-23-18)14-6-3-2-4-7-14/h2-11H,12-13H2,1H3. The van der Waals surface area contributed by atoms with Gasteiger partial charge in [-0.2, -0.15) is 0 Å². The molecule has 0 N–H and O–H groups in total. The highest BCUT2D eigenvalue weighted by molar-refractivity contribution is 7.09. The van der Waals surface area contributed by atoms with Gasteiger partial charge in [0.15, 0.2) is 6.61 Å². The summed E-state index contributed by atoms with van der Waals surface area (Å²) in [4.78, 5) is 27.0. The van der Waals surface area contributed by atoms with Gasteiger partial charge in [0, 0.05) is 17.5 Å². The topological polar surface area (TPSA) is 59.8 Å². The minimum absolute atomic E-state index is 0.0971. The fourth-order valence-electron chi connectivity index (χ4n) is 2.34. The number of furan rings is 1. The number of thiophene rings is 1. The molecule has 0 saturated heterocycles. The summed E-state index contributed by atoms with van der Waals surface area (Å²) < 4.78 is 10.4. The number of carbonyl (C=O) groups is 2. The van der Waals surface area contributed by atoms with E-state index in [9.17, 15) is 9.59 Å². The lowest BCUT2D eigenvalue weighted by molar-refractivity contribution is -0.133. The number of benzene rings is 1. The van der Waals surface area contributed by atoms with E-state index in [2.05, 4.69) is 0 Å². The van der Waals surface area contributed by atoms with Crippen LogP contribution in [-0.2, 0) is 16.1 Å². The first kappa shape index (κ1) is 17.0. The molecule has 3 rings (SSSR count). The van der Waals surface area contributed by atoms with Gasteiger partial charge in [-0.15, -0.1) is 11.3 Å². The van der Waals surface area contributed by atoms with Crippen LogP contribution >= 0.6 is 11.3 Å². The third-order valence-corrected chi connectivity index (χ3v) is 4.52. The largest absolute Gasteiger partial charge is 0.457 e. The van der Waals surface area contributed by atoms with Gasteiger partial charge in [0.2, 0.25) is 5.76 Å². The molecule has 0 aliphatic carbocycles. The van der Waals surface area contributed by atoms with Crippen LogP contribution in [0.3, 0.4) is 0 Å². The van der Waals surface area contributed by atoms with Crippen molar-refractivity contribution in [3.8, 4) is 11.1 Å². The SMILES string of the molecule is CN(Cc1cccs1)C(=O)COC(=O)c1occc1-c1ccccc1. The molecule has 25 heavy (non-hydrogen) atoms. The average Bonchev–Trinajstić information content (AvgIpc) is 3.31. The molecule has 1 aromatic carbocycles. The molecule has 0 spiro atoms. The van der Waals surface area contributed by atoms with E-state index in [4.69, 9.17) is 9.15 Å². The summed E-state index contributed by atoms with van der Waals surface area (Å²) in [6.45, 7) is 0.166. The molecular formula is C19H17NO4S. The van der Waals surface area contributed by atoms with Gasteiger partial charge in [0.1, 0.15) is 0 Å². The molecule has 3 aromatic rings. The Morgan fingerprint density at radius 1 is 1.12 bits per heavy atom. The summed E-state index contributed by atoms with van der Waals surface area (Å²) in [6.07, 6.45) is 1.43. The monoisotopic (exact) mass is 355 g/mol. The van der Waals surface area contributed by atoms with Crippen LogP contribution in [0.4, 0.5) is 0 Å². The van der Waals surface area contributed by atoms with Gasteiger partial charge in [0.25, 0.3) is 5.91 Å². The first-order valence-electron chi connectivity index (χ1n) is 7.71. The van der Waals surface area contributed by atoms with Crippen molar-refractivity contribution >= 4 is 23.2 Å². The average molecular weight is 355 g/mol. The molecule has 2 heterocycles. The normalized spacial score (nSPS) is 10.4. The maximum atomic E-state index is 12.3. The van der Waals surface area contributed by atoms with Crippen LogP contribution in [0.25, 0.3) is 11.1 Å². The first-order chi connectivity index (χ1) is 12.1. The van der Waals surface area contributed by atoms with Crippen LogP contribution in [-0.4, -0.2) is 30.4 Å². The summed E-state index contributed by atoms with van der Waals surface area (Å²) in [7, 11) is 1.68. The Hall–Kier alpha value is -2.86. The zero-order valence-electron chi connectivity index (χ0n) is 13.7. The minimum atomic E-state index is -0.651. The van der Waals surface area contributed by atoms with Gasteiger partial charge in [-0.05, 0) is 23.1 Å². The summed E-state index contributed by atoms with van der Waals surface area (Å²) in [6, 6.07) is 15.0. The van der Waals surface area contributed by atoms with Gasteiger partial charge in [0.05, 0.1) is 12.8 Å². The molecule has 0 aliphatic heterocycles. The van der Waals surface area contributed by atoms with Crippen molar-refractivity contribution in [3.05, 3.63) is 70.8 Å². The van der Waals surface area contributed by atoms with Crippen LogP contribution in [0.2, 0.25) is 0 Å². The van der Waals surface area contributed by atoms with Crippen molar-refractivity contribution in [2.45, 2.75) is 6.54 Å². The number of carbonyl (C=O) groups excluding carboxylic acids is 2. The molecular weight excluding hydrogens is 338 g/mol. The molecule has 0 aliphatic rings. The van der Waals surface area contributed by atoms with E-state index in [1.165, 1.54) is 11.2 Å². The highest BCUT2D eigenvalue weighted by Gasteiger charge is 2.20. The van der Waals surface area contributed by atoms with Crippen LogP contribution in [0, 0.1) is 0 Å². The third kappa shape index (κ3) is 4.16. The number of esters is 1. The lowest BCUT2D eigenvalue weighted by atomic mass is 10.1. The number of rotatable bonds is 6. The number of amides is 1. The van der Waals surface area contributed by atoms with E-state index >= 15 is 0 Å². The summed E-state index contributed by atoms with van der Waals surface area (Å²) >= 11 is 1.57. The maximum Gasteiger partial charge on any atom is 0.375 e. The predicted molar refractivity (Wildman–Crippen MR) is 95.2 cm³/mol. The Labute approximate surface area is 149 Å².